The predicted octanol–water partition coefficient (Wildman–Crippen LogP) is 5.65. The molecule has 160 valence electrons. The summed E-state index contributed by atoms with van der Waals surface area (Å²) in [6.07, 6.45) is 2.10. The highest BCUT2D eigenvalue weighted by atomic mass is 79.9. The SMILES string of the molecule is Cc1c(NC(=O)c2cc(C)n(-c3cccc(Br)c3)c2C)cccc1C(=O)N1CCCC1. The molecule has 1 aliphatic heterocycles. The number of carbonyl (C=O) groups is 2. The first-order valence-corrected chi connectivity index (χ1v) is 11.3. The molecule has 1 saturated heterocycles. The normalized spacial score (nSPS) is 13.5. The van der Waals surface area contributed by atoms with Crippen LogP contribution in [0.1, 0.15) is 50.5 Å². The fourth-order valence-corrected chi connectivity index (χ4v) is 4.68. The first kappa shape index (κ1) is 21.4. The number of aromatic nitrogens is 1. The van der Waals surface area contributed by atoms with Gasteiger partial charge in [0.05, 0.1) is 5.56 Å². The zero-order chi connectivity index (χ0) is 22.1. The van der Waals surface area contributed by atoms with Gasteiger partial charge in [-0.3, -0.25) is 9.59 Å². The molecular formula is C25H26BrN3O2. The Bertz CT molecular complexity index is 1160. The van der Waals surface area contributed by atoms with Gasteiger partial charge in [0.2, 0.25) is 0 Å². The molecule has 1 fully saturated rings. The second kappa shape index (κ2) is 8.71. The first-order chi connectivity index (χ1) is 14.9. The van der Waals surface area contributed by atoms with Crippen molar-refractivity contribution < 1.29 is 9.59 Å². The summed E-state index contributed by atoms with van der Waals surface area (Å²) in [6, 6.07) is 15.4. The van der Waals surface area contributed by atoms with E-state index in [1.54, 1.807) is 0 Å². The first-order valence-electron chi connectivity index (χ1n) is 10.5. The van der Waals surface area contributed by atoms with Gasteiger partial charge in [-0.1, -0.05) is 28.1 Å². The lowest BCUT2D eigenvalue weighted by molar-refractivity contribution is 0.0791. The van der Waals surface area contributed by atoms with Crippen LogP contribution in [0.25, 0.3) is 5.69 Å². The van der Waals surface area contributed by atoms with E-state index in [0.717, 1.165) is 53.0 Å². The van der Waals surface area contributed by atoms with Crippen LogP contribution in [0.15, 0.2) is 53.0 Å². The van der Waals surface area contributed by atoms with E-state index >= 15 is 0 Å². The Morgan fingerprint density at radius 3 is 2.35 bits per heavy atom. The number of likely N-dealkylation sites (tertiary alicyclic amines) is 1. The molecule has 0 saturated carbocycles. The number of carbonyl (C=O) groups excluding carboxylic acids is 2. The van der Waals surface area contributed by atoms with Crippen LogP contribution in [-0.4, -0.2) is 34.4 Å². The third-order valence-electron chi connectivity index (χ3n) is 5.95. The molecule has 1 aromatic heterocycles. The Morgan fingerprint density at radius 1 is 0.935 bits per heavy atom. The lowest BCUT2D eigenvalue weighted by atomic mass is 10.0. The lowest BCUT2D eigenvalue weighted by Crippen LogP contribution is -2.28. The van der Waals surface area contributed by atoms with Gasteiger partial charge in [-0.15, -0.1) is 0 Å². The highest BCUT2D eigenvalue weighted by Crippen LogP contribution is 2.26. The maximum atomic E-state index is 13.2. The number of hydrogen-bond donors (Lipinski definition) is 1. The van der Waals surface area contributed by atoms with Crippen LogP contribution >= 0.6 is 15.9 Å². The maximum absolute atomic E-state index is 13.2. The highest BCUT2D eigenvalue weighted by molar-refractivity contribution is 9.10. The third-order valence-corrected chi connectivity index (χ3v) is 6.44. The minimum Gasteiger partial charge on any atom is -0.339 e. The van der Waals surface area contributed by atoms with E-state index in [4.69, 9.17) is 0 Å². The Labute approximate surface area is 191 Å². The number of benzene rings is 2. The molecule has 4 rings (SSSR count). The van der Waals surface area contributed by atoms with Crippen molar-refractivity contribution in [2.45, 2.75) is 33.6 Å². The zero-order valence-corrected chi connectivity index (χ0v) is 19.6. The number of nitrogens with zero attached hydrogens (tertiary/aromatic N) is 2. The Kier molecular flexibility index (Phi) is 6.01. The number of anilines is 1. The molecule has 31 heavy (non-hydrogen) atoms. The molecule has 0 spiro atoms. The van der Waals surface area contributed by atoms with E-state index in [-0.39, 0.29) is 11.8 Å². The van der Waals surface area contributed by atoms with Crippen LogP contribution in [0, 0.1) is 20.8 Å². The zero-order valence-electron chi connectivity index (χ0n) is 18.0. The van der Waals surface area contributed by atoms with Gasteiger partial charge in [0, 0.05) is 45.9 Å². The minimum atomic E-state index is -0.178. The van der Waals surface area contributed by atoms with Gasteiger partial charge in [-0.05, 0) is 75.6 Å². The van der Waals surface area contributed by atoms with Crippen molar-refractivity contribution in [3.63, 3.8) is 0 Å². The molecule has 0 radical (unpaired) electrons. The number of rotatable bonds is 4. The van der Waals surface area contributed by atoms with Crippen molar-refractivity contribution in [1.29, 1.82) is 0 Å². The van der Waals surface area contributed by atoms with Gasteiger partial charge < -0.3 is 14.8 Å². The van der Waals surface area contributed by atoms with Crippen LogP contribution in [0.4, 0.5) is 5.69 Å². The maximum Gasteiger partial charge on any atom is 0.257 e. The van der Waals surface area contributed by atoms with Crippen LogP contribution in [0.2, 0.25) is 0 Å². The van der Waals surface area contributed by atoms with Crippen LogP contribution < -0.4 is 5.32 Å². The highest BCUT2D eigenvalue weighted by Gasteiger charge is 2.23. The van der Waals surface area contributed by atoms with Gasteiger partial charge in [-0.2, -0.15) is 0 Å². The average Bonchev–Trinajstić information content (AvgIpc) is 3.37. The van der Waals surface area contributed by atoms with Gasteiger partial charge in [0.15, 0.2) is 0 Å². The van der Waals surface area contributed by atoms with E-state index in [9.17, 15) is 9.59 Å². The quantitative estimate of drug-likeness (QED) is 0.525. The van der Waals surface area contributed by atoms with E-state index in [0.29, 0.717) is 16.8 Å². The van der Waals surface area contributed by atoms with E-state index < -0.39 is 0 Å². The summed E-state index contributed by atoms with van der Waals surface area (Å²) >= 11 is 3.52. The van der Waals surface area contributed by atoms with Crippen LogP contribution in [-0.2, 0) is 0 Å². The molecule has 0 bridgehead atoms. The van der Waals surface area contributed by atoms with Crippen LogP contribution in [0.5, 0.6) is 0 Å². The molecule has 1 aliphatic rings. The fraction of sp³-hybridized carbons (Fsp3) is 0.280. The molecule has 0 aliphatic carbocycles. The van der Waals surface area contributed by atoms with Gasteiger partial charge in [0.25, 0.3) is 11.8 Å². The molecule has 6 heteroatoms. The second-order valence-corrected chi connectivity index (χ2v) is 8.95. The van der Waals surface area contributed by atoms with Crippen molar-refractivity contribution in [2.24, 2.45) is 0 Å². The standard InChI is InChI=1S/C25H26BrN3O2/c1-16-14-22(18(3)29(16)20-9-6-8-19(26)15-20)24(30)27-23-11-7-10-21(17(23)2)25(31)28-12-4-5-13-28/h6-11,14-15H,4-5,12-13H2,1-3H3,(H,27,30). The number of aryl methyl sites for hydroxylation is 1. The summed E-state index contributed by atoms with van der Waals surface area (Å²) in [5.74, 6) is -0.137. The minimum absolute atomic E-state index is 0.0407. The summed E-state index contributed by atoms with van der Waals surface area (Å²) in [4.78, 5) is 27.9. The van der Waals surface area contributed by atoms with Gasteiger partial charge in [0.1, 0.15) is 0 Å². The topological polar surface area (TPSA) is 54.3 Å². The number of amides is 2. The van der Waals surface area contributed by atoms with Gasteiger partial charge >= 0.3 is 0 Å². The monoisotopic (exact) mass is 479 g/mol. The van der Waals surface area contributed by atoms with Crippen molar-refractivity contribution >= 4 is 33.4 Å². The Hall–Kier alpha value is -2.86. The third kappa shape index (κ3) is 4.17. The molecule has 5 nitrogen and oxygen atoms in total. The van der Waals surface area contributed by atoms with Crippen molar-refractivity contribution in [2.75, 3.05) is 18.4 Å². The molecule has 2 amide bonds. The number of nitrogens with one attached hydrogen (secondary N) is 1. The lowest BCUT2D eigenvalue weighted by Gasteiger charge is -2.18. The second-order valence-electron chi connectivity index (χ2n) is 8.03. The molecule has 1 N–H and O–H groups in total. The van der Waals surface area contributed by atoms with Crippen LogP contribution in [0.3, 0.4) is 0 Å². The molecule has 3 aromatic rings. The van der Waals surface area contributed by atoms with Crippen molar-refractivity contribution in [3.05, 3.63) is 81.1 Å². The Morgan fingerprint density at radius 2 is 1.65 bits per heavy atom. The molecule has 2 heterocycles. The van der Waals surface area contributed by atoms with Crippen molar-refractivity contribution in [3.8, 4) is 5.69 Å². The Balaban J connectivity index is 1.61. The van der Waals surface area contributed by atoms with E-state index in [2.05, 4.69) is 25.8 Å². The summed E-state index contributed by atoms with van der Waals surface area (Å²) in [7, 11) is 0. The molecule has 0 unspecified atom stereocenters. The number of halogens is 1. The molecule has 0 atom stereocenters. The van der Waals surface area contributed by atoms with E-state index in [1.165, 1.54) is 0 Å². The average molecular weight is 480 g/mol. The van der Waals surface area contributed by atoms with E-state index in [1.807, 2.05) is 74.2 Å². The summed E-state index contributed by atoms with van der Waals surface area (Å²) in [5, 5.41) is 3.02. The largest absolute Gasteiger partial charge is 0.339 e. The van der Waals surface area contributed by atoms with Crippen molar-refractivity contribution in [1.82, 2.24) is 9.47 Å². The van der Waals surface area contributed by atoms with Gasteiger partial charge in [-0.25, -0.2) is 0 Å². The smallest absolute Gasteiger partial charge is 0.257 e. The number of hydrogen-bond acceptors (Lipinski definition) is 2. The fourth-order valence-electron chi connectivity index (χ4n) is 4.29. The summed E-state index contributed by atoms with van der Waals surface area (Å²) in [6.45, 7) is 7.44. The molecule has 2 aromatic carbocycles. The summed E-state index contributed by atoms with van der Waals surface area (Å²) in [5.41, 5.74) is 5.59. The summed E-state index contributed by atoms with van der Waals surface area (Å²) < 4.78 is 3.05. The molecular weight excluding hydrogens is 454 g/mol. The predicted molar refractivity (Wildman–Crippen MR) is 127 cm³/mol.